The van der Waals surface area contributed by atoms with Gasteiger partial charge in [0.1, 0.15) is 5.41 Å². The maximum absolute atomic E-state index is 12.3. The lowest BCUT2D eigenvalue weighted by Gasteiger charge is -2.25. The predicted molar refractivity (Wildman–Crippen MR) is 76.4 cm³/mol. The van der Waals surface area contributed by atoms with Gasteiger partial charge in [-0.25, -0.2) is 0 Å². The Bertz CT molecular complexity index is 511. The first-order chi connectivity index (χ1) is 8.85. The van der Waals surface area contributed by atoms with Crippen molar-refractivity contribution in [2.24, 2.45) is 16.3 Å². The van der Waals surface area contributed by atoms with Crippen LogP contribution in [0.4, 0.5) is 5.69 Å². The molecule has 4 N–H and O–H groups in total. The van der Waals surface area contributed by atoms with Crippen LogP contribution < -0.4 is 11.1 Å². The highest BCUT2D eigenvalue weighted by atomic mass is 16.4. The molecule has 0 saturated heterocycles. The molecule has 5 heteroatoms. The van der Waals surface area contributed by atoms with Crippen molar-refractivity contribution in [1.82, 2.24) is 0 Å². The second kappa shape index (κ2) is 5.73. The van der Waals surface area contributed by atoms with Crippen LogP contribution >= 0.6 is 0 Å². The molecule has 5 nitrogen and oxygen atoms in total. The molecule has 0 aromatic heterocycles. The number of amidine groups is 1. The molecule has 0 aliphatic rings. The molecule has 1 amide bonds. The van der Waals surface area contributed by atoms with Gasteiger partial charge >= 0.3 is 0 Å². The van der Waals surface area contributed by atoms with Crippen LogP contribution in [0.25, 0.3) is 0 Å². The zero-order chi connectivity index (χ0) is 14.6. The molecule has 0 radical (unpaired) electrons. The van der Waals surface area contributed by atoms with Gasteiger partial charge in [0.25, 0.3) is 0 Å². The molecule has 1 unspecified atom stereocenters. The van der Waals surface area contributed by atoms with E-state index in [1.807, 2.05) is 39.0 Å². The van der Waals surface area contributed by atoms with Gasteiger partial charge in [-0.2, -0.15) is 0 Å². The first kappa shape index (κ1) is 15.0. The minimum atomic E-state index is -1.02. The highest BCUT2D eigenvalue weighted by molar-refractivity contribution is 6.11. The Labute approximate surface area is 113 Å². The fourth-order valence-electron chi connectivity index (χ4n) is 1.70. The molecule has 1 aromatic carbocycles. The van der Waals surface area contributed by atoms with E-state index in [1.54, 1.807) is 6.92 Å². The van der Waals surface area contributed by atoms with Crippen LogP contribution in [0.3, 0.4) is 0 Å². The summed E-state index contributed by atoms with van der Waals surface area (Å²) in [4.78, 5) is 12.3. The first-order valence-electron chi connectivity index (χ1n) is 6.22. The number of carbonyl (C=O) groups is 1. The van der Waals surface area contributed by atoms with Crippen LogP contribution in [0, 0.1) is 19.3 Å². The van der Waals surface area contributed by atoms with Gasteiger partial charge in [0.15, 0.2) is 5.84 Å². The summed E-state index contributed by atoms with van der Waals surface area (Å²) < 4.78 is 0. The quantitative estimate of drug-likeness (QED) is 0.337. The summed E-state index contributed by atoms with van der Waals surface area (Å²) in [6.07, 6.45) is 0.444. The lowest BCUT2D eigenvalue weighted by Crippen LogP contribution is -2.44. The molecule has 0 spiro atoms. The number of nitrogens with zero attached hydrogens (tertiary/aromatic N) is 1. The van der Waals surface area contributed by atoms with E-state index in [0.29, 0.717) is 6.42 Å². The molecule has 19 heavy (non-hydrogen) atoms. The van der Waals surface area contributed by atoms with E-state index < -0.39 is 5.41 Å². The lowest BCUT2D eigenvalue weighted by atomic mass is 9.85. The van der Waals surface area contributed by atoms with Crippen molar-refractivity contribution in [2.45, 2.75) is 34.1 Å². The molecule has 0 saturated carbocycles. The molecule has 0 bridgehead atoms. The van der Waals surface area contributed by atoms with Crippen molar-refractivity contribution >= 4 is 17.4 Å². The number of aryl methyl sites for hydroxylation is 2. The average molecular weight is 263 g/mol. The van der Waals surface area contributed by atoms with Crippen LogP contribution in [0.1, 0.15) is 31.4 Å². The van der Waals surface area contributed by atoms with Crippen molar-refractivity contribution in [3.63, 3.8) is 0 Å². The maximum Gasteiger partial charge on any atom is 0.238 e. The van der Waals surface area contributed by atoms with Crippen molar-refractivity contribution in [3.8, 4) is 0 Å². The number of anilines is 1. The van der Waals surface area contributed by atoms with E-state index in [2.05, 4.69) is 10.5 Å². The number of hydrogen-bond acceptors (Lipinski definition) is 3. The van der Waals surface area contributed by atoms with E-state index in [1.165, 1.54) is 0 Å². The number of carbonyl (C=O) groups excluding carboxylic acids is 1. The van der Waals surface area contributed by atoms with Gasteiger partial charge < -0.3 is 16.3 Å². The summed E-state index contributed by atoms with van der Waals surface area (Å²) in [7, 11) is 0. The minimum Gasteiger partial charge on any atom is -0.409 e. The van der Waals surface area contributed by atoms with Crippen LogP contribution in [0.2, 0.25) is 0 Å². The largest absolute Gasteiger partial charge is 0.409 e. The third-order valence-corrected chi connectivity index (χ3v) is 3.52. The Hall–Kier alpha value is -2.04. The Morgan fingerprint density at radius 3 is 2.63 bits per heavy atom. The van der Waals surface area contributed by atoms with E-state index in [-0.39, 0.29) is 11.7 Å². The average Bonchev–Trinajstić information content (AvgIpc) is 2.40. The van der Waals surface area contributed by atoms with Crippen molar-refractivity contribution in [1.29, 1.82) is 0 Å². The number of rotatable bonds is 4. The third-order valence-electron chi connectivity index (χ3n) is 3.52. The summed E-state index contributed by atoms with van der Waals surface area (Å²) in [5.41, 5.74) is 7.37. The summed E-state index contributed by atoms with van der Waals surface area (Å²) in [5, 5.41) is 14.6. The normalized spacial score (nSPS) is 14.8. The molecule has 0 heterocycles. The smallest absolute Gasteiger partial charge is 0.238 e. The van der Waals surface area contributed by atoms with Crippen molar-refractivity contribution < 1.29 is 10.0 Å². The molecule has 0 fully saturated rings. The van der Waals surface area contributed by atoms with E-state index in [9.17, 15) is 4.79 Å². The number of amides is 1. The highest BCUT2D eigenvalue weighted by Gasteiger charge is 2.36. The fraction of sp³-hybridized carbons (Fsp3) is 0.429. The molecular formula is C14H21N3O2. The number of nitrogens with two attached hydrogens (primary N) is 1. The van der Waals surface area contributed by atoms with Gasteiger partial charge in [0, 0.05) is 5.69 Å². The Balaban J connectivity index is 3.04. The zero-order valence-corrected chi connectivity index (χ0v) is 11.8. The fourth-order valence-corrected chi connectivity index (χ4v) is 1.70. The van der Waals surface area contributed by atoms with Gasteiger partial charge in [-0.3, -0.25) is 4.79 Å². The van der Waals surface area contributed by atoms with Gasteiger partial charge in [0.05, 0.1) is 0 Å². The first-order valence-corrected chi connectivity index (χ1v) is 6.22. The molecule has 0 aliphatic carbocycles. The summed E-state index contributed by atoms with van der Waals surface area (Å²) >= 11 is 0. The maximum atomic E-state index is 12.3. The van der Waals surface area contributed by atoms with Gasteiger partial charge in [0.2, 0.25) is 5.91 Å². The van der Waals surface area contributed by atoms with Gasteiger partial charge in [-0.05, 0) is 44.4 Å². The summed E-state index contributed by atoms with van der Waals surface area (Å²) in [6, 6.07) is 5.82. The Morgan fingerprint density at radius 2 is 2.11 bits per heavy atom. The molecule has 1 rings (SSSR count). The molecular weight excluding hydrogens is 242 g/mol. The standard InChI is InChI=1S/C14H21N3O2/c1-5-14(4,12(15)17-19)13(18)16-11-8-9(2)6-7-10(11)3/h6-8,19H,5H2,1-4H3,(H2,15,17)(H,16,18). The SMILES string of the molecule is CCC(C)(C(=O)Nc1cc(C)ccc1C)/C(N)=N/O. The Kier molecular flexibility index (Phi) is 4.53. The molecule has 0 aliphatic heterocycles. The molecule has 1 atom stereocenters. The lowest BCUT2D eigenvalue weighted by molar-refractivity contribution is -0.121. The monoisotopic (exact) mass is 263 g/mol. The summed E-state index contributed by atoms with van der Waals surface area (Å²) in [6.45, 7) is 7.35. The Morgan fingerprint density at radius 1 is 1.47 bits per heavy atom. The van der Waals surface area contributed by atoms with E-state index in [0.717, 1.165) is 16.8 Å². The summed E-state index contributed by atoms with van der Waals surface area (Å²) in [5.74, 6) is -0.364. The topological polar surface area (TPSA) is 87.7 Å². The van der Waals surface area contributed by atoms with Crippen LogP contribution in [0.15, 0.2) is 23.4 Å². The van der Waals surface area contributed by atoms with Crippen LogP contribution in [-0.4, -0.2) is 17.0 Å². The zero-order valence-electron chi connectivity index (χ0n) is 11.8. The van der Waals surface area contributed by atoms with Crippen molar-refractivity contribution in [3.05, 3.63) is 29.3 Å². The minimum absolute atomic E-state index is 0.0854. The van der Waals surface area contributed by atoms with E-state index >= 15 is 0 Å². The third kappa shape index (κ3) is 3.05. The number of oxime groups is 1. The van der Waals surface area contributed by atoms with Crippen molar-refractivity contribution in [2.75, 3.05) is 5.32 Å². The van der Waals surface area contributed by atoms with Crippen LogP contribution in [0.5, 0.6) is 0 Å². The second-order valence-electron chi connectivity index (χ2n) is 4.94. The predicted octanol–water partition coefficient (Wildman–Crippen LogP) is 2.40. The van der Waals surface area contributed by atoms with Gasteiger partial charge in [-0.1, -0.05) is 24.2 Å². The number of benzene rings is 1. The number of nitrogens with one attached hydrogen (secondary N) is 1. The molecule has 104 valence electrons. The van der Waals surface area contributed by atoms with Gasteiger partial charge in [-0.15, -0.1) is 0 Å². The molecule has 1 aromatic rings. The van der Waals surface area contributed by atoms with E-state index in [4.69, 9.17) is 10.9 Å². The number of hydrogen-bond donors (Lipinski definition) is 3. The van der Waals surface area contributed by atoms with Crippen LogP contribution in [-0.2, 0) is 4.79 Å². The highest BCUT2D eigenvalue weighted by Crippen LogP contribution is 2.25. The second-order valence-corrected chi connectivity index (χ2v) is 4.94.